The van der Waals surface area contributed by atoms with E-state index in [0.29, 0.717) is 25.4 Å². The van der Waals surface area contributed by atoms with Gasteiger partial charge in [0.05, 0.1) is 18.7 Å². The van der Waals surface area contributed by atoms with Crippen molar-refractivity contribution in [2.45, 2.75) is 45.6 Å². The average molecular weight is 199 g/mol. The third kappa shape index (κ3) is 2.71. The van der Waals surface area contributed by atoms with Crippen LogP contribution in [0.3, 0.4) is 0 Å². The van der Waals surface area contributed by atoms with Crippen LogP contribution in [0.15, 0.2) is 0 Å². The van der Waals surface area contributed by atoms with E-state index in [1.54, 1.807) is 4.90 Å². The van der Waals surface area contributed by atoms with Crippen LogP contribution < -0.4 is 0 Å². The molecule has 3 nitrogen and oxygen atoms in total. The van der Waals surface area contributed by atoms with Crippen LogP contribution in [0, 0.1) is 5.92 Å². The number of hydrogen-bond donors (Lipinski definition) is 1. The number of carbonyl (C=O) groups excluding carboxylic acids is 1. The first-order chi connectivity index (χ1) is 6.47. The minimum absolute atomic E-state index is 0.181. The summed E-state index contributed by atoms with van der Waals surface area (Å²) in [4.78, 5) is 13.3. The normalized spacial score (nSPS) is 19.6. The number of β-amino-alcohol motifs (C(OH)–C–C–N with tert-alkyl or cyclic N) is 1. The molecule has 0 aromatic carbocycles. The summed E-state index contributed by atoms with van der Waals surface area (Å²) < 4.78 is 0. The lowest BCUT2D eigenvalue weighted by molar-refractivity contribution is -0.157. The van der Waals surface area contributed by atoms with Crippen molar-refractivity contribution in [1.29, 1.82) is 0 Å². The molecule has 1 saturated heterocycles. The quantitative estimate of drug-likeness (QED) is 0.743. The molecular formula is C11H21NO2. The molecule has 3 heteroatoms. The Morgan fingerprint density at radius 3 is 2.50 bits per heavy atom. The Bertz CT molecular complexity index is 207. The monoisotopic (exact) mass is 199 g/mol. The lowest BCUT2D eigenvalue weighted by atomic mass is 9.88. The molecule has 0 aliphatic carbocycles. The SMILES string of the molecule is CCCC1(O)CN(C(=O)CC(C)C)C1. The van der Waals surface area contributed by atoms with Crippen molar-refractivity contribution in [2.24, 2.45) is 5.92 Å². The van der Waals surface area contributed by atoms with Crippen molar-refractivity contribution in [1.82, 2.24) is 4.90 Å². The van der Waals surface area contributed by atoms with Crippen LogP contribution in [0.4, 0.5) is 0 Å². The van der Waals surface area contributed by atoms with E-state index in [4.69, 9.17) is 0 Å². The van der Waals surface area contributed by atoms with E-state index in [1.165, 1.54) is 0 Å². The van der Waals surface area contributed by atoms with Gasteiger partial charge in [0.1, 0.15) is 0 Å². The third-order valence-corrected chi connectivity index (χ3v) is 2.62. The van der Waals surface area contributed by atoms with Crippen molar-refractivity contribution < 1.29 is 9.90 Å². The van der Waals surface area contributed by atoms with Gasteiger partial charge in [0.25, 0.3) is 0 Å². The predicted octanol–water partition coefficient (Wildman–Crippen LogP) is 1.41. The fourth-order valence-corrected chi connectivity index (χ4v) is 1.94. The smallest absolute Gasteiger partial charge is 0.223 e. The summed E-state index contributed by atoms with van der Waals surface area (Å²) >= 11 is 0. The third-order valence-electron chi connectivity index (χ3n) is 2.62. The van der Waals surface area contributed by atoms with Gasteiger partial charge in [-0.2, -0.15) is 0 Å². The summed E-state index contributed by atoms with van der Waals surface area (Å²) in [5.41, 5.74) is -0.582. The second-order valence-electron chi connectivity index (χ2n) is 4.82. The van der Waals surface area contributed by atoms with Crippen LogP contribution in [-0.4, -0.2) is 34.6 Å². The van der Waals surface area contributed by atoms with E-state index in [9.17, 15) is 9.90 Å². The fraction of sp³-hybridized carbons (Fsp3) is 0.909. The average Bonchev–Trinajstić information content (AvgIpc) is 1.98. The summed E-state index contributed by atoms with van der Waals surface area (Å²) in [6.45, 7) is 7.20. The zero-order chi connectivity index (χ0) is 10.8. The van der Waals surface area contributed by atoms with Gasteiger partial charge in [0, 0.05) is 6.42 Å². The molecule has 1 heterocycles. The molecule has 0 bridgehead atoms. The Kier molecular flexibility index (Phi) is 3.53. The molecule has 0 spiro atoms. The van der Waals surface area contributed by atoms with Gasteiger partial charge >= 0.3 is 0 Å². The minimum Gasteiger partial charge on any atom is -0.386 e. The van der Waals surface area contributed by atoms with E-state index in [2.05, 4.69) is 6.92 Å². The molecule has 82 valence electrons. The van der Waals surface area contributed by atoms with Gasteiger partial charge in [0.2, 0.25) is 5.91 Å². The van der Waals surface area contributed by atoms with E-state index in [1.807, 2.05) is 13.8 Å². The number of carbonyl (C=O) groups is 1. The molecular weight excluding hydrogens is 178 g/mol. The van der Waals surface area contributed by atoms with E-state index in [-0.39, 0.29) is 5.91 Å². The molecule has 1 rings (SSSR count). The first kappa shape index (κ1) is 11.5. The lowest BCUT2D eigenvalue weighted by Gasteiger charge is -2.46. The lowest BCUT2D eigenvalue weighted by Crippen LogP contribution is -2.63. The molecule has 14 heavy (non-hydrogen) atoms. The predicted molar refractivity (Wildman–Crippen MR) is 55.9 cm³/mol. The number of hydrogen-bond acceptors (Lipinski definition) is 2. The van der Waals surface area contributed by atoms with Crippen LogP contribution >= 0.6 is 0 Å². The van der Waals surface area contributed by atoms with E-state index >= 15 is 0 Å². The zero-order valence-corrected chi connectivity index (χ0v) is 9.42. The molecule has 0 aromatic rings. The van der Waals surface area contributed by atoms with Crippen molar-refractivity contribution in [3.63, 3.8) is 0 Å². The van der Waals surface area contributed by atoms with E-state index in [0.717, 1.165) is 12.8 Å². The van der Waals surface area contributed by atoms with Crippen molar-refractivity contribution in [3.8, 4) is 0 Å². The maximum absolute atomic E-state index is 11.5. The summed E-state index contributed by atoms with van der Waals surface area (Å²) in [5, 5.41) is 9.87. The maximum Gasteiger partial charge on any atom is 0.223 e. The molecule has 0 unspecified atom stereocenters. The number of rotatable bonds is 4. The summed E-state index contributed by atoms with van der Waals surface area (Å²) in [6.07, 6.45) is 2.38. The van der Waals surface area contributed by atoms with Crippen LogP contribution in [-0.2, 0) is 4.79 Å². The number of amides is 1. The molecule has 1 N–H and O–H groups in total. The van der Waals surface area contributed by atoms with Crippen LogP contribution in [0.2, 0.25) is 0 Å². The first-order valence-electron chi connectivity index (χ1n) is 5.47. The number of likely N-dealkylation sites (tertiary alicyclic amines) is 1. The topological polar surface area (TPSA) is 40.5 Å². The first-order valence-corrected chi connectivity index (χ1v) is 5.47. The van der Waals surface area contributed by atoms with Crippen molar-refractivity contribution in [3.05, 3.63) is 0 Å². The Balaban J connectivity index is 2.29. The molecule has 1 fully saturated rings. The van der Waals surface area contributed by atoms with Crippen LogP contribution in [0.1, 0.15) is 40.0 Å². The summed E-state index contributed by atoms with van der Waals surface area (Å²) in [6, 6.07) is 0. The molecule has 0 atom stereocenters. The van der Waals surface area contributed by atoms with Gasteiger partial charge in [-0.25, -0.2) is 0 Å². The fourth-order valence-electron chi connectivity index (χ4n) is 1.94. The Hall–Kier alpha value is -0.570. The van der Waals surface area contributed by atoms with Gasteiger partial charge in [-0.05, 0) is 12.3 Å². The number of aliphatic hydroxyl groups is 1. The van der Waals surface area contributed by atoms with Gasteiger partial charge in [-0.1, -0.05) is 27.2 Å². The van der Waals surface area contributed by atoms with Gasteiger partial charge in [-0.3, -0.25) is 4.79 Å². The highest BCUT2D eigenvalue weighted by Crippen LogP contribution is 2.26. The highest BCUT2D eigenvalue weighted by molar-refractivity contribution is 5.77. The molecule has 1 aliphatic rings. The highest BCUT2D eigenvalue weighted by Gasteiger charge is 2.42. The standard InChI is InChI=1S/C11H21NO2/c1-4-5-11(14)7-12(8-11)10(13)6-9(2)3/h9,14H,4-8H2,1-3H3. The van der Waals surface area contributed by atoms with Crippen LogP contribution in [0.5, 0.6) is 0 Å². The largest absolute Gasteiger partial charge is 0.386 e. The molecule has 1 amide bonds. The zero-order valence-electron chi connectivity index (χ0n) is 9.42. The Labute approximate surface area is 86.1 Å². The second kappa shape index (κ2) is 4.30. The molecule has 0 saturated carbocycles. The number of nitrogens with zero attached hydrogens (tertiary/aromatic N) is 1. The summed E-state index contributed by atoms with van der Waals surface area (Å²) in [7, 11) is 0. The molecule has 1 aliphatic heterocycles. The Morgan fingerprint density at radius 1 is 1.50 bits per heavy atom. The minimum atomic E-state index is -0.582. The van der Waals surface area contributed by atoms with Crippen molar-refractivity contribution in [2.75, 3.05) is 13.1 Å². The Morgan fingerprint density at radius 2 is 2.07 bits per heavy atom. The van der Waals surface area contributed by atoms with Crippen LogP contribution in [0.25, 0.3) is 0 Å². The molecule has 0 radical (unpaired) electrons. The molecule has 0 aromatic heterocycles. The van der Waals surface area contributed by atoms with Gasteiger partial charge < -0.3 is 10.0 Å². The maximum atomic E-state index is 11.5. The van der Waals surface area contributed by atoms with Gasteiger partial charge in [0.15, 0.2) is 0 Å². The van der Waals surface area contributed by atoms with Crippen molar-refractivity contribution >= 4 is 5.91 Å². The van der Waals surface area contributed by atoms with E-state index < -0.39 is 5.60 Å². The second-order valence-corrected chi connectivity index (χ2v) is 4.82. The highest BCUT2D eigenvalue weighted by atomic mass is 16.3. The summed E-state index contributed by atoms with van der Waals surface area (Å²) in [5.74, 6) is 0.586. The van der Waals surface area contributed by atoms with Gasteiger partial charge in [-0.15, -0.1) is 0 Å².